The quantitative estimate of drug-likeness (QED) is 0.0509. The molecule has 4 rings (SSSR count). The highest BCUT2D eigenvalue weighted by atomic mass is 19.1. The number of hydrogen-bond acceptors (Lipinski definition) is 9. The predicted octanol–water partition coefficient (Wildman–Crippen LogP) is 5.73. The first-order chi connectivity index (χ1) is 22.0. The van der Waals surface area contributed by atoms with E-state index in [-0.39, 0.29) is 43.4 Å². The Bertz CT molecular complexity index is 1590. The van der Waals surface area contributed by atoms with Gasteiger partial charge >= 0.3 is 5.97 Å². The standard InChI is InChI=1S/C33H37FN6O6/c1-32(2,3)46-28(42)17-18-33(31(43)39-36-21-22-9-13-24(34)14-10-22)29(26-7-4-5-8-27(26)38-40-35)45-30(37-33)23-11-15-25(16-12-23)44-20-6-19-41/h4-5,7-16,29,36,41H,6,17-21H2,1-3H3,(H,39,43)/t29-,33-/m0/s1. The molecule has 46 heavy (non-hydrogen) atoms. The molecule has 0 spiro atoms. The molecule has 12 nitrogen and oxygen atoms in total. The van der Waals surface area contributed by atoms with Crippen molar-refractivity contribution in [3.63, 3.8) is 0 Å². The zero-order valence-electron chi connectivity index (χ0n) is 25.9. The predicted molar refractivity (Wildman–Crippen MR) is 168 cm³/mol. The number of aliphatic hydroxyl groups excluding tert-OH is 1. The van der Waals surface area contributed by atoms with Gasteiger partial charge in [-0.05, 0) is 74.7 Å². The highest BCUT2D eigenvalue weighted by Crippen LogP contribution is 2.46. The average Bonchev–Trinajstić information content (AvgIpc) is 3.42. The zero-order chi connectivity index (χ0) is 33.2. The van der Waals surface area contributed by atoms with E-state index < -0.39 is 29.1 Å². The van der Waals surface area contributed by atoms with Crippen molar-refractivity contribution in [3.8, 4) is 5.75 Å². The third-order valence-electron chi connectivity index (χ3n) is 6.94. The van der Waals surface area contributed by atoms with Gasteiger partial charge in [0.2, 0.25) is 5.90 Å². The lowest BCUT2D eigenvalue weighted by molar-refractivity contribution is -0.155. The summed E-state index contributed by atoms with van der Waals surface area (Å²) in [7, 11) is 0. The molecule has 0 aliphatic carbocycles. The van der Waals surface area contributed by atoms with Crippen molar-refractivity contribution in [2.75, 3.05) is 13.2 Å². The van der Waals surface area contributed by atoms with Crippen molar-refractivity contribution in [1.29, 1.82) is 0 Å². The van der Waals surface area contributed by atoms with E-state index in [1.807, 2.05) is 0 Å². The van der Waals surface area contributed by atoms with E-state index in [1.54, 1.807) is 81.4 Å². The fourth-order valence-electron chi connectivity index (χ4n) is 4.82. The molecule has 0 radical (unpaired) electrons. The summed E-state index contributed by atoms with van der Waals surface area (Å²) in [4.78, 5) is 34.9. The van der Waals surface area contributed by atoms with Crippen molar-refractivity contribution in [2.24, 2.45) is 10.1 Å². The van der Waals surface area contributed by atoms with Gasteiger partial charge in [-0.3, -0.25) is 15.0 Å². The Kier molecular flexibility index (Phi) is 11.3. The van der Waals surface area contributed by atoms with Gasteiger partial charge in [0, 0.05) is 47.7 Å². The number of aliphatic imine (C=N–C) groups is 1. The molecule has 2 atom stereocenters. The number of nitrogens with one attached hydrogen (secondary N) is 2. The van der Waals surface area contributed by atoms with E-state index in [1.165, 1.54) is 12.1 Å². The summed E-state index contributed by atoms with van der Waals surface area (Å²) in [6.45, 7) is 5.76. The first-order valence-corrected chi connectivity index (χ1v) is 14.8. The lowest BCUT2D eigenvalue weighted by atomic mass is 9.83. The van der Waals surface area contributed by atoms with Crippen LogP contribution in [0.3, 0.4) is 0 Å². The highest BCUT2D eigenvalue weighted by Gasteiger charge is 2.54. The Morgan fingerprint density at radius 1 is 1.11 bits per heavy atom. The van der Waals surface area contributed by atoms with Gasteiger partial charge in [0.25, 0.3) is 5.91 Å². The molecule has 3 aromatic carbocycles. The molecule has 1 amide bonds. The Balaban J connectivity index is 1.73. The molecule has 0 saturated carbocycles. The third kappa shape index (κ3) is 8.81. The summed E-state index contributed by atoms with van der Waals surface area (Å²) < 4.78 is 31.0. The van der Waals surface area contributed by atoms with Gasteiger partial charge in [-0.2, -0.15) is 0 Å². The van der Waals surface area contributed by atoms with Crippen LogP contribution in [-0.4, -0.2) is 47.2 Å². The Morgan fingerprint density at radius 2 is 1.83 bits per heavy atom. The molecule has 1 aliphatic heterocycles. The van der Waals surface area contributed by atoms with E-state index in [0.717, 1.165) is 0 Å². The molecule has 0 saturated heterocycles. The minimum absolute atomic E-state index is 0.00758. The number of rotatable bonds is 14. The van der Waals surface area contributed by atoms with Gasteiger partial charge in [0.05, 0.1) is 6.61 Å². The first kappa shape index (κ1) is 33.9. The zero-order valence-corrected chi connectivity index (χ0v) is 25.9. The summed E-state index contributed by atoms with van der Waals surface area (Å²) in [5.41, 5.74) is 14.2. The van der Waals surface area contributed by atoms with Crippen LogP contribution in [0.5, 0.6) is 5.75 Å². The van der Waals surface area contributed by atoms with E-state index in [9.17, 15) is 19.5 Å². The molecule has 0 bridgehead atoms. The molecule has 1 heterocycles. The number of hydrogen-bond donors (Lipinski definition) is 3. The van der Waals surface area contributed by atoms with Crippen LogP contribution in [-0.2, 0) is 25.6 Å². The SMILES string of the molecule is CC(C)(C)OC(=O)CC[C@]1(C(=O)NNCc2ccc(F)cc2)N=C(c2ccc(OCCCO)cc2)O[C@H]1c1ccccc1N=[N+]=[N-]. The summed E-state index contributed by atoms with van der Waals surface area (Å²) in [6, 6.07) is 19.3. The minimum atomic E-state index is -1.72. The van der Waals surface area contributed by atoms with Gasteiger partial charge in [0.15, 0.2) is 11.6 Å². The molecule has 3 aromatic rings. The Labute approximate surface area is 266 Å². The molecule has 1 aliphatic rings. The fraction of sp³-hybridized carbons (Fsp3) is 0.364. The van der Waals surface area contributed by atoms with Crippen LogP contribution in [0.15, 0.2) is 82.9 Å². The lowest BCUT2D eigenvalue weighted by Crippen LogP contribution is -2.52. The monoisotopic (exact) mass is 632 g/mol. The fourth-order valence-corrected chi connectivity index (χ4v) is 4.82. The number of carbonyl (C=O) groups excluding carboxylic acids is 2. The van der Waals surface area contributed by atoms with Gasteiger partial charge in [-0.15, -0.1) is 0 Å². The van der Waals surface area contributed by atoms with Gasteiger partial charge < -0.3 is 19.3 Å². The second-order valence-electron chi connectivity index (χ2n) is 11.6. The van der Waals surface area contributed by atoms with E-state index >= 15 is 0 Å². The molecule has 242 valence electrons. The normalized spacial score (nSPS) is 17.3. The number of azide groups is 1. The molecule has 0 unspecified atom stereocenters. The Hall–Kier alpha value is -4.97. The maximum absolute atomic E-state index is 14.2. The number of esters is 1. The molecular formula is C33H37FN6O6. The van der Waals surface area contributed by atoms with Crippen molar-refractivity contribution < 1.29 is 33.3 Å². The number of halogens is 1. The second-order valence-corrected chi connectivity index (χ2v) is 11.6. The minimum Gasteiger partial charge on any atom is -0.494 e. The molecular weight excluding hydrogens is 595 g/mol. The number of nitrogens with zero attached hydrogens (tertiary/aromatic N) is 4. The van der Waals surface area contributed by atoms with Crippen LogP contribution < -0.4 is 15.6 Å². The summed E-state index contributed by atoms with van der Waals surface area (Å²) >= 11 is 0. The molecule has 3 N–H and O–H groups in total. The van der Waals surface area contributed by atoms with Crippen molar-refractivity contribution >= 4 is 23.5 Å². The van der Waals surface area contributed by atoms with Crippen LogP contribution >= 0.6 is 0 Å². The number of hydrazine groups is 1. The smallest absolute Gasteiger partial charge is 0.306 e. The van der Waals surface area contributed by atoms with Crippen molar-refractivity contribution in [2.45, 2.75) is 63.8 Å². The molecule has 0 fully saturated rings. The number of aliphatic hydroxyl groups is 1. The van der Waals surface area contributed by atoms with Crippen LogP contribution in [0.4, 0.5) is 10.1 Å². The largest absolute Gasteiger partial charge is 0.494 e. The maximum atomic E-state index is 14.2. The van der Waals surface area contributed by atoms with Crippen LogP contribution in [0.25, 0.3) is 10.4 Å². The lowest BCUT2D eigenvalue weighted by Gasteiger charge is -2.31. The first-order valence-electron chi connectivity index (χ1n) is 14.8. The number of ether oxygens (including phenoxy) is 3. The van der Waals surface area contributed by atoms with Crippen molar-refractivity contribution in [3.05, 3.63) is 106 Å². The molecule has 0 aromatic heterocycles. The van der Waals surface area contributed by atoms with E-state index in [4.69, 9.17) is 24.3 Å². The average molecular weight is 633 g/mol. The second kappa shape index (κ2) is 15.3. The van der Waals surface area contributed by atoms with Gasteiger partial charge in [0.1, 0.15) is 17.2 Å². The van der Waals surface area contributed by atoms with E-state index in [2.05, 4.69) is 20.9 Å². The highest BCUT2D eigenvalue weighted by molar-refractivity contribution is 6.01. The number of amides is 1. The Morgan fingerprint density at radius 3 is 2.50 bits per heavy atom. The van der Waals surface area contributed by atoms with Crippen LogP contribution in [0.1, 0.15) is 62.8 Å². The topological polar surface area (TPSA) is 167 Å². The molecule has 13 heteroatoms. The van der Waals surface area contributed by atoms with Crippen LogP contribution in [0.2, 0.25) is 0 Å². The van der Waals surface area contributed by atoms with E-state index in [0.29, 0.717) is 35.5 Å². The number of benzene rings is 3. The maximum Gasteiger partial charge on any atom is 0.306 e. The summed E-state index contributed by atoms with van der Waals surface area (Å²) in [5, 5.41) is 12.9. The van der Waals surface area contributed by atoms with Gasteiger partial charge in [-0.25, -0.2) is 14.8 Å². The van der Waals surface area contributed by atoms with Crippen molar-refractivity contribution in [1.82, 2.24) is 10.9 Å². The third-order valence-corrected chi connectivity index (χ3v) is 6.94. The van der Waals surface area contributed by atoms with Gasteiger partial charge in [-0.1, -0.05) is 41.5 Å². The summed E-state index contributed by atoms with van der Waals surface area (Å²) in [5.74, 6) is -0.836. The number of carbonyl (C=O) groups is 2. The van der Waals surface area contributed by atoms with Crippen LogP contribution in [0, 0.1) is 5.82 Å². The summed E-state index contributed by atoms with van der Waals surface area (Å²) in [6.07, 6.45) is -0.929.